The minimum atomic E-state index is -2.85. The van der Waals surface area contributed by atoms with Crippen molar-refractivity contribution in [3.63, 3.8) is 0 Å². The molecular weight excluding hydrogens is 1130 g/mol. The van der Waals surface area contributed by atoms with E-state index in [1.54, 1.807) is 48.5 Å². The first-order valence-corrected chi connectivity index (χ1v) is 21.9. The first-order chi connectivity index (χ1) is 38.9. The summed E-state index contributed by atoms with van der Waals surface area (Å²) in [6, 6.07) is 17.7. The molecule has 2 aromatic carbocycles. The number of hydrogen-bond donors (Lipinski definition) is 0. The third kappa shape index (κ3) is 19.3. The summed E-state index contributed by atoms with van der Waals surface area (Å²) in [5.74, 6) is -5.49. The van der Waals surface area contributed by atoms with Crippen LogP contribution in [-0.2, 0) is 114 Å². The van der Waals surface area contributed by atoms with Crippen LogP contribution in [0, 0.1) is 37.0 Å². The van der Waals surface area contributed by atoms with Gasteiger partial charge in [0.1, 0.15) is 0 Å². The Bertz CT molecular complexity index is 2770. The minimum absolute atomic E-state index is 0.172. The maximum Gasteiger partial charge on any atom is 0.512 e. The van der Waals surface area contributed by atoms with E-state index in [1.165, 1.54) is 7.11 Å². The van der Waals surface area contributed by atoms with Crippen LogP contribution in [0.2, 0.25) is 0 Å². The monoisotopic (exact) mass is 1170 g/mol. The molecule has 0 aromatic heterocycles. The van der Waals surface area contributed by atoms with E-state index >= 15 is 0 Å². The van der Waals surface area contributed by atoms with Gasteiger partial charge in [-0.1, -0.05) is 78.4 Å². The van der Waals surface area contributed by atoms with Crippen LogP contribution in [0.4, 0.5) is 46.3 Å². The largest absolute Gasteiger partial charge is 0.512 e. The average Bonchev–Trinajstić information content (AvgIpc) is 4.36. The zero-order valence-corrected chi connectivity index (χ0v) is 41.9. The molecule has 10 unspecified atom stereocenters. The first-order valence-electron chi connectivity index (χ1n) is 21.9. The van der Waals surface area contributed by atoms with Gasteiger partial charge in [0, 0.05) is 0 Å². The van der Waals surface area contributed by atoms with Crippen molar-refractivity contribution >= 4 is 72.7 Å². The van der Waals surface area contributed by atoms with Gasteiger partial charge in [-0.05, 0) is 11.1 Å². The molecule has 6 saturated heterocycles. The summed E-state index contributed by atoms with van der Waals surface area (Å²) in [4.78, 5) is 129. The molecule has 10 atom stereocenters. The number of alkyl halides is 4. The average molecular weight is 1170 g/mol. The fourth-order valence-corrected chi connectivity index (χ4v) is 5.70. The van der Waals surface area contributed by atoms with Crippen molar-refractivity contribution in [3.05, 3.63) is 71.8 Å². The van der Waals surface area contributed by atoms with Gasteiger partial charge in [0.15, 0.2) is 45.2 Å². The van der Waals surface area contributed by atoms with Crippen molar-refractivity contribution in [2.24, 2.45) is 0 Å². The van der Waals surface area contributed by atoms with Crippen LogP contribution in [-0.4, -0.2) is 176 Å². The molecule has 30 nitrogen and oxygen atoms in total. The lowest BCUT2D eigenvalue weighted by atomic mass is 10.0. The highest BCUT2D eigenvalue weighted by atomic mass is 19.2. The number of rotatable bonds is 11. The van der Waals surface area contributed by atoms with Crippen molar-refractivity contribution < 1.29 is 160 Å². The first kappa shape index (κ1) is 65.6. The molecule has 0 spiro atoms. The quantitative estimate of drug-likeness (QED) is 0.135. The lowest BCUT2D eigenvalue weighted by Gasteiger charge is -2.13. The Morgan fingerprint density at radius 3 is 1.13 bits per heavy atom. The molecule has 0 saturated carbocycles. The van der Waals surface area contributed by atoms with E-state index in [0.29, 0.717) is 11.1 Å². The summed E-state index contributed by atoms with van der Waals surface area (Å²) in [6.07, 6.45) is -3.25. The number of methoxy groups -OCH3 is 3. The molecule has 0 amide bonds. The molecule has 6 fully saturated rings. The molecule has 0 bridgehead atoms. The number of halogens is 4. The Labute approximate surface area is 456 Å². The number of carbonyl (C=O) groups is 12. The number of ether oxygens (including phenoxy) is 18. The summed E-state index contributed by atoms with van der Waals surface area (Å²) in [6.45, 7) is -2.43. The van der Waals surface area contributed by atoms with Gasteiger partial charge in [0.25, 0.3) is 24.9 Å². The maximum absolute atomic E-state index is 13.2. The van der Waals surface area contributed by atoms with E-state index in [2.05, 4.69) is 67.5 Å². The van der Waals surface area contributed by atoms with Crippen molar-refractivity contribution in [3.8, 4) is 37.0 Å². The molecule has 0 radical (unpaired) electrons. The maximum atomic E-state index is 13.2. The van der Waals surface area contributed by atoms with Gasteiger partial charge >= 0.3 is 84.5 Å². The number of cyclic esters (lactones) is 12. The van der Waals surface area contributed by atoms with Crippen LogP contribution >= 0.6 is 0 Å². The van der Waals surface area contributed by atoms with Gasteiger partial charge in [0.2, 0.25) is 12.2 Å². The van der Waals surface area contributed by atoms with E-state index < -0.39 is 147 Å². The molecule has 82 heavy (non-hydrogen) atoms. The number of benzene rings is 2. The Balaban J connectivity index is 0.000000261. The van der Waals surface area contributed by atoms with Gasteiger partial charge in [-0.2, -0.15) is 17.6 Å². The summed E-state index contributed by atoms with van der Waals surface area (Å²) < 4.78 is 128. The normalized spacial score (nSPS) is 25.3. The standard InChI is InChI=1S/C13H10O5.C11H10O5.2C7H5FO5.2C5H5FO5/c1-2-8-16-12(14)11-10(17-13(15)18-11)9-6-4-3-5-7-9;1-14-10(12)9-8(15-11(13)16-9)7-5-3-2-4-6-7;1-2-3-11-5(9)7(8)4-12-6(10)13-7;1-2-3-11-6(9)4-5(8)13-7(10)12-4;1-9-3(7)5(6)2-10-4(8)11-5;1-9-4(7)2-3(6)11-5(8)10-2/h1,3-7,10-11H,8H2;2-6,8-9H,1H3;1H,3-4H2;1,4-5H,3H2;2H2,1H3;2-3H,1H3. The minimum Gasteiger partial charge on any atom is -0.466 e. The molecule has 0 N–H and O–H groups in total. The highest BCUT2D eigenvalue weighted by Gasteiger charge is 2.53. The topological polar surface area (TPSA) is 371 Å². The van der Waals surface area contributed by atoms with Crippen LogP contribution < -0.4 is 0 Å². The number of carbonyl (C=O) groups excluding carboxylic acids is 12. The van der Waals surface area contributed by atoms with Gasteiger partial charge in [0.05, 0.1) is 21.3 Å². The molecule has 6 aliphatic heterocycles. The molecule has 0 aliphatic carbocycles. The van der Waals surface area contributed by atoms with E-state index in [1.807, 2.05) is 24.0 Å². The van der Waals surface area contributed by atoms with Crippen molar-refractivity contribution in [2.75, 3.05) is 54.4 Å². The Kier molecular flexibility index (Phi) is 25.3. The predicted octanol–water partition coefficient (Wildman–Crippen LogP) is 2.85. The molecule has 34 heteroatoms. The summed E-state index contributed by atoms with van der Waals surface area (Å²) in [5.41, 5.74) is 1.36. The van der Waals surface area contributed by atoms with E-state index in [-0.39, 0.29) is 19.8 Å². The molecule has 6 aliphatic rings. The van der Waals surface area contributed by atoms with Crippen LogP contribution in [0.5, 0.6) is 0 Å². The summed E-state index contributed by atoms with van der Waals surface area (Å²) >= 11 is 0. The second kappa shape index (κ2) is 31.6. The number of hydrogen-bond acceptors (Lipinski definition) is 30. The summed E-state index contributed by atoms with van der Waals surface area (Å²) in [5, 5.41) is 0. The van der Waals surface area contributed by atoms with Crippen molar-refractivity contribution in [2.45, 2.75) is 61.0 Å². The number of terminal acetylenes is 3. The van der Waals surface area contributed by atoms with Gasteiger partial charge in [-0.3, -0.25) is 0 Å². The molecule has 440 valence electrons. The Morgan fingerprint density at radius 1 is 0.463 bits per heavy atom. The highest BCUT2D eigenvalue weighted by Crippen LogP contribution is 2.32. The van der Waals surface area contributed by atoms with Gasteiger partial charge < -0.3 is 85.3 Å². The summed E-state index contributed by atoms with van der Waals surface area (Å²) in [7, 11) is 3.27. The lowest BCUT2D eigenvalue weighted by molar-refractivity contribution is -0.178. The third-order valence-corrected chi connectivity index (χ3v) is 9.29. The van der Waals surface area contributed by atoms with Crippen LogP contribution in [0.3, 0.4) is 0 Å². The van der Waals surface area contributed by atoms with Crippen molar-refractivity contribution in [1.29, 1.82) is 0 Å². The molecule has 2 aromatic rings. The fraction of sp³-hybridized carbons (Fsp3) is 0.375. The number of esters is 6. The van der Waals surface area contributed by atoms with E-state index in [4.69, 9.17) is 43.0 Å². The second-order valence-corrected chi connectivity index (χ2v) is 14.7. The van der Waals surface area contributed by atoms with Gasteiger partial charge in [-0.25, -0.2) is 57.5 Å². The van der Waals surface area contributed by atoms with Crippen LogP contribution in [0.1, 0.15) is 23.3 Å². The van der Waals surface area contributed by atoms with E-state index in [9.17, 15) is 75.1 Å². The third-order valence-electron chi connectivity index (χ3n) is 9.29. The van der Waals surface area contributed by atoms with E-state index in [0.717, 1.165) is 14.2 Å². The smallest absolute Gasteiger partial charge is 0.466 e. The van der Waals surface area contributed by atoms with Crippen LogP contribution in [0.15, 0.2) is 60.7 Å². The SMILES string of the molecule is C#CCOC(=O)C1(F)COC(=O)O1.C#CCOC(=O)C1OC(=O)OC1F.C#CCOC(=O)C1OC(=O)OC1c1ccccc1.COC(=O)C1(F)COC(=O)O1.COC(=O)C1OC(=O)OC1F.COC(=O)C1OC(=O)OC1c1ccccc1. The van der Waals surface area contributed by atoms with Crippen molar-refractivity contribution in [1.82, 2.24) is 0 Å². The zero-order chi connectivity index (χ0) is 61.2. The molecular formula is C48H40F4O30. The Morgan fingerprint density at radius 2 is 0.793 bits per heavy atom. The lowest BCUT2D eigenvalue weighted by Crippen LogP contribution is -2.38. The fourth-order valence-electron chi connectivity index (χ4n) is 5.70. The molecule has 6 heterocycles. The Hall–Kier alpha value is -10.7. The molecule has 8 rings (SSSR count). The zero-order valence-electron chi connectivity index (χ0n) is 41.9. The predicted molar refractivity (Wildman–Crippen MR) is 242 cm³/mol. The van der Waals surface area contributed by atoms with Crippen LogP contribution in [0.25, 0.3) is 0 Å². The highest BCUT2D eigenvalue weighted by molar-refractivity contribution is 5.84. The van der Waals surface area contributed by atoms with Gasteiger partial charge in [-0.15, -0.1) is 19.3 Å². The second-order valence-electron chi connectivity index (χ2n) is 14.7.